The van der Waals surface area contributed by atoms with Crippen LogP contribution in [0.2, 0.25) is 5.02 Å². The van der Waals surface area contributed by atoms with Crippen molar-refractivity contribution in [2.24, 2.45) is 0 Å². The van der Waals surface area contributed by atoms with Crippen LogP contribution in [0.5, 0.6) is 5.75 Å². The number of para-hydroxylation sites is 1. The van der Waals surface area contributed by atoms with Gasteiger partial charge < -0.3 is 10.1 Å². The average Bonchev–Trinajstić information content (AvgIpc) is 2.45. The Balaban J connectivity index is 2.23. The molecular formula is C16H20ClNO2. The van der Waals surface area contributed by atoms with E-state index in [2.05, 4.69) is 11.9 Å². The molecule has 0 saturated carbocycles. The van der Waals surface area contributed by atoms with Gasteiger partial charge in [0, 0.05) is 0 Å². The van der Waals surface area contributed by atoms with Gasteiger partial charge in [0.2, 0.25) is 5.43 Å². The summed E-state index contributed by atoms with van der Waals surface area (Å²) in [5, 5.41) is 10.9. The summed E-state index contributed by atoms with van der Waals surface area (Å²) in [6, 6.07) is 5.12. The Labute approximate surface area is 123 Å². The van der Waals surface area contributed by atoms with E-state index < -0.39 is 0 Å². The van der Waals surface area contributed by atoms with Crippen molar-refractivity contribution in [2.75, 3.05) is 0 Å². The monoisotopic (exact) mass is 293 g/mol. The van der Waals surface area contributed by atoms with E-state index in [1.165, 1.54) is 19.3 Å². The van der Waals surface area contributed by atoms with Crippen LogP contribution in [0, 0.1) is 0 Å². The van der Waals surface area contributed by atoms with Gasteiger partial charge in [-0.05, 0) is 25.0 Å². The quantitative estimate of drug-likeness (QED) is 0.776. The van der Waals surface area contributed by atoms with E-state index >= 15 is 0 Å². The molecule has 0 fully saturated rings. The highest BCUT2D eigenvalue weighted by Gasteiger charge is 2.12. The Morgan fingerprint density at radius 3 is 2.70 bits per heavy atom. The van der Waals surface area contributed by atoms with Gasteiger partial charge in [-0.25, -0.2) is 0 Å². The van der Waals surface area contributed by atoms with E-state index in [0.717, 1.165) is 12.8 Å². The average molecular weight is 294 g/mol. The molecule has 0 bridgehead atoms. The Morgan fingerprint density at radius 1 is 1.20 bits per heavy atom. The molecule has 0 saturated heterocycles. The van der Waals surface area contributed by atoms with Crippen LogP contribution in [-0.4, -0.2) is 10.1 Å². The van der Waals surface area contributed by atoms with Crippen molar-refractivity contribution in [3.05, 3.63) is 39.1 Å². The number of pyridine rings is 1. The van der Waals surface area contributed by atoms with Crippen LogP contribution >= 0.6 is 11.6 Å². The number of unbranched alkanes of at least 4 members (excludes halogenated alkanes) is 4. The number of aromatic amines is 1. The largest absolute Gasteiger partial charge is 0.503 e. The van der Waals surface area contributed by atoms with E-state index in [4.69, 9.17) is 11.6 Å². The van der Waals surface area contributed by atoms with Gasteiger partial charge in [0.1, 0.15) is 0 Å². The van der Waals surface area contributed by atoms with Gasteiger partial charge in [0.15, 0.2) is 5.75 Å². The molecule has 2 aromatic rings. The highest BCUT2D eigenvalue weighted by molar-refractivity contribution is 6.35. The summed E-state index contributed by atoms with van der Waals surface area (Å²) in [6.07, 6.45) is 6.36. The number of halogens is 1. The van der Waals surface area contributed by atoms with E-state index in [1.807, 2.05) is 0 Å². The van der Waals surface area contributed by atoms with Crippen molar-refractivity contribution in [1.82, 2.24) is 4.98 Å². The van der Waals surface area contributed by atoms with Gasteiger partial charge in [-0.2, -0.15) is 0 Å². The van der Waals surface area contributed by atoms with E-state index in [0.29, 0.717) is 28.0 Å². The maximum absolute atomic E-state index is 12.1. The molecule has 1 aromatic carbocycles. The lowest BCUT2D eigenvalue weighted by atomic mass is 10.1. The molecule has 0 spiro atoms. The number of aromatic nitrogens is 1. The number of hydrogen-bond donors (Lipinski definition) is 2. The second-order valence-corrected chi connectivity index (χ2v) is 5.52. The van der Waals surface area contributed by atoms with Crippen LogP contribution in [0.25, 0.3) is 10.9 Å². The number of fused-ring (bicyclic) bond motifs is 1. The molecule has 0 amide bonds. The molecule has 0 atom stereocenters. The predicted octanol–water partition coefficient (Wildman–Crippen LogP) is 4.40. The van der Waals surface area contributed by atoms with E-state index in [9.17, 15) is 9.90 Å². The molecule has 2 rings (SSSR count). The summed E-state index contributed by atoms with van der Waals surface area (Å²) >= 11 is 6.10. The Kier molecular flexibility index (Phi) is 5.07. The summed E-state index contributed by atoms with van der Waals surface area (Å²) < 4.78 is 0. The number of H-pyrrole nitrogens is 1. The molecule has 3 nitrogen and oxygen atoms in total. The fourth-order valence-corrected chi connectivity index (χ4v) is 2.62. The van der Waals surface area contributed by atoms with E-state index in [1.54, 1.807) is 18.2 Å². The van der Waals surface area contributed by atoms with Crippen LogP contribution in [0.15, 0.2) is 23.0 Å². The number of nitrogens with one attached hydrogen (secondary N) is 1. The summed E-state index contributed by atoms with van der Waals surface area (Å²) in [5.74, 6) is -0.171. The topological polar surface area (TPSA) is 53.1 Å². The molecule has 108 valence electrons. The summed E-state index contributed by atoms with van der Waals surface area (Å²) in [6.45, 7) is 2.18. The first kappa shape index (κ1) is 14.9. The lowest BCUT2D eigenvalue weighted by Crippen LogP contribution is -2.07. The van der Waals surface area contributed by atoms with Gasteiger partial charge in [0.05, 0.1) is 21.6 Å². The van der Waals surface area contributed by atoms with Crippen LogP contribution in [0.4, 0.5) is 0 Å². The second-order valence-electron chi connectivity index (χ2n) is 5.11. The molecule has 0 radical (unpaired) electrons. The molecule has 2 N–H and O–H groups in total. The lowest BCUT2D eigenvalue weighted by Gasteiger charge is -2.08. The number of hydrogen-bond acceptors (Lipinski definition) is 2. The molecule has 0 unspecified atom stereocenters. The zero-order chi connectivity index (χ0) is 14.5. The molecule has 0 aliphatic heterocycles. The maximum Gasteiger partial charge on any atom is 0.231 e. The van der Waals surface area contributed by atoms with Crippen molar-refractivity contribution in [1.29, 1.82) is 0 Å². The molecule has 0 aliphatic carbocycles. The summed E-state index contributed by atoms with van der Waals surface area (Å²) in [4.78, 5) is 15.2. The molecule has 1 aromatic heterocycles. The Hall–Kier alpha value is -1.48. The van der Waals surface area contributed by atoms with Crippen LogP contribution in [0.3, 0.4) is 0 Å². The molecular weight excluding hydrogens is 274 g/mol. The summed E-state index contributed by atoms with van der Waals surface area (Å²) in [5.41, 5.74) is 0.859. The number of rotatable bonds is 6. The Morgan fingerprint density at radius 2 is 1.95 bits per heavy atom. The minimum Gasteiger partial charge on any atom is -0.503 e. The standard InChI is InChI=1S/C16H20ClNO2/c1-2-3-4-5-6-10-13-16(20)15(19)11-8-7-9-12(17)14(11)18-13/h7-9,20H,2-6,10H2,1H3,(H,18,19). The molecule has 0 aliphatic rings. The highest BCUT2D eigenvalue weighted by atomic mass is 35.5. The number of benzene rings is 1. The third-order valence-electron chi connectivity index (χ3n) is 3.57. The van der Waals surface area contributed by atoms with Crippen molar-refractivity contribution in [3.63, 3.8) is 0 Å². The predicted molar refractivity (Wildman–Crippen MR) is 83.7 cm³/mol. The van der Waals surface area contributed by atoms with Crippen LogP contribution < -0.4 is 5.43 Å². The minimum atomic E-state index is -0.343. The van der Waals surface area contributed by atoms with Gasteiger partial charge in [-0.3, -0.25) is 4.79 Å². The highest BCUT2D eigenvalue weighted by Crippen LogP contribution is 2.23. The fraction of sp³-hybridized carbons (Fsp3) is 0.438. The zero-order valence-electron chi connectivity index (χ0n) is 11.7. The lowest BCUT2D eigenvalue weighted by molar-refractivity contribution is 0.458. The molecule has 1 heterocycles. The smallest absolute Gasteiger partial charge is 0.231 e. The minimum absolute atomic E-state index is 0.171. The molecule has 4 heteroatoms. The molecule has 20 heavy (non-hydrogen) atoms. The SMILES string of the molecule is CCCCCCCc1[nH]c2c(Cl)cccc2c(=O)c1O. The normalized spacial score (nSPS) is 11.1. The van der Waals surface area contributed by atoms with Gasteiger partial charge in [0.25, 0.3) is 0 Å². The first-order valence-electron chi connectivity index (χ1n) is 7.17. The van der Waals surface area contributed by atoms with Crippen LogP contribution in [0.1, 0.15) is 44.7 Å². The maximum atomic E-state index is 12.1. The second kappa shape index (κ2) is 6.80. The van der Waals surface area contributed by atoms with Crippen molar-refractivity contribution in [3.8, 4) is 5.75 Å². The van der Waals surface area contributed by atoms with Crippen LogP contribution in [-0.2, 0) is 6.42 Å². The zero-order valence-corrected chi connectivity index (χ0v) is 12.5. The fourth-order valence-electron chi connectivity index (χ4n) is 2.40. The first-order chi connectivity index (χ1) is 9.65. The third-order valence-corrected chi connectivity index (χ3v) is 3.88. The number of aryl methyl sites for hydroxylation is 1. The van der Waals surface area contributed by atoms with Gasteiger partial charge in [-0.1, -0.05) is 50.3 Å². The third kappa shape index (κ3) is 3.15. The summed E-state index contributed by atoms with van der Waals surface area (Å²) in [7, 11) is 0. The Bertz CT molecular complexity index is 649. The van der Waals surface area contributed by atoms with Crippen molar-refractivity contribution < 1.29 is 5.11 Å². The van der Waals surface area contributed by atoms with Gasteiger partial charge in [-0.15, -0.1) is 0 Å². The number of aromatic hydroxyl groups is 1. The van der Waals surface area contributed by atoms with Crippen molar-refractivity contribution >= 4 is 22.5 Å². The van der Waals surface area contributed by atoms with E-state index in [-0.39, 0.29) is 11.2 Å². The first-order valence-corrected chi connectivity index (χ1v) is 7.55. The van der Waals surface area contributed by atoms with Crippen molar-refractivity contribution in [2.45, 2.75) is 45.4 Å². The van der Waals surface area contributed by atoms with Gasteiger partial charge >= 0.3 is 0 Å².